The predicted molar refractivity (Wildman–Crippen MR) is 107 cm³/mol. The van der Waals surface area contributed by atoms with Gasteiger partial charge >= 0.3 is 0 Å². The molecule has 1 N–H and O–H groups in total. The summed E-state index contributed by atoms with van der Waals surface area (Å²) in [6.07, 6.45) is 2.04. The van der Waals surface area contributed by atoms with E-state index in [-0.39, 0.29) is 35.6 Å². The van der Waals surface area contributed by atoms with Gasteiger partial charge in [-0.05, 0) is 25.5 Å². The standard InChI is InChI=1S/C18H21N3O4S2/c1-3-9-21-17(23)14-6-4-5-7-15(14)20-18(21)26-12(2)16(22)19-13-8-10-27(24,25)11-13/h3-7,12-13H,1,8-11H2,2H3,(H,19,22)/t12-,13+/m1/s1. The Bertz CT molecular complexity index is 1050. The first-order valence-corrected chi connectivity index (χ1v) is 11.3. The summed E-state index contributed by atoms with van der Waals surface area (Å²) < 4.78 is 24.6. The molecular formula is C18H21N3O4S2. The van der Waals surface area contributed by atoms with Crippen LogP contribution in [0.3, 0.4) is 0 Å². The zero-order valence-electron chi connectivity index (χ0n) is 14.9. The molecule has 0 bridgehead atoms. The molecule has 0 unspecified atom stereocenters. The molecule has 1 aromatic heterocycles. The van der Waals surface area contributed by atoms with Crippen molar-refractivity contribution in [3.8, 4) is 0 Å². The van der Waals surface area contributed by atoms with E-state index in [4.69, 9.17) is 0 Å². The van der Waals surface area contributed by atoms with Gasteiger partial charge in [-0.3, -0.25) is 14.2 Å². The fourth-order valence-electron chi connectivity index (χ4n) is 2.97. The summed E-state index contributed by atoms with van der Waals surface area (Å²) in [7, 11) is -3.06. The van der Waals surface area contributed by atoms with Crippen molar-refractivity contribution in [3.63, 3.8) is 0 Å². The highest BCUT2D eigenvalue weighted by Gasteiger charge is 2.30. The van der Waals surface area contributed by atoms with Gasteiger partial charge in [-0.2, -0.15) is 0 Å². The van der Waals surface area contributed by atoms with Crippen LogP contribution in [0, 0.1) is 0 Å². The molecule has 1 fully saturated rings. The average Bonchev–Trinajstić information content (AvgIpc) is 2.96. The van der Waals surface area contributed by atoms with Crippen molar-refractivity contribution < 1.29 is 13.2 Å². The summed E-state index contributed by atoms with van der Waals surface area (Å²) in [5, 5.41) is 3.20. The normalized spacial score (nSPS) is 19.7. The van der Waals surface area contributed by atoms with Crippen LogP contribution in [0.5, 0.6) is 0 Å². The summed E-state index contributed by atoms with van der Waals surface area (Å²) in [6.45, 7) is 5.68. The minimum absolute atomic E-state index is 0.0223. The third-order valence-electron chi connectivity index (χ3n) is 4.37. The van der Waals surface area contributed by atoms with E-state index in [1.165, 1.54) is 16.3 Å². The minimum Gasteiger partial charge on any atom is -0.351 e. The van der Waals surface area contributed by atoms with E-state index in [9.17, 15) is 18.0 Å². The molecule has 1 amide bonds. The van der Waals surface area contributed by atoms with Crippen molar-refractivity contribution in [3.05, 3.63) is 47.3 Å². The van der Waals surface area contributed by atoms with E-state index in [1.807, 2.05) is 0 Å². The number of aromatic nitrogens is 2. The Morgan fingerprint density at radius 3 is 2.89 bits per heavy atom. The highest BCUT2D eigenvalue weighted by Crippen LogP contribution is 2.23. The SMILES string of the molecule is C=CCn1c(S[C@H](C)C(=O)N[C@H]2CCS(=O)(=O)C2)nc2ccccc2c1=O. The van der Waals surface area contributed by atoms with Crippen LogP contribution in [0.15, 0.2) is 46.9 Å². The van der Waals surface area contributed by atoms with Gasteiger partial charge in [0.1, 0.15) is 0 Å². The minimum atomic E-state index is -3.06. The second kappa shape index (κ2) is 7.85. The zero-order valence-corrected chi connectivity index (χ0v) is 16.6. The molecule has 3 rings (SSSR count). The summed E-state index contributed by atoms with van der Waals surface area (Å²) in [6, 6.07) is 6.70. The third-order valence-corrected chi connectivity index (χ3v) is 7.23. The number of sulfone groups is 1. The van der Waals surface area contributed by atoms with Crippen molar-refractivity contribution in [1.82, 2.24) is 14.9 Å². The van der Waals surface area contributed by atoms with Crippen LogP contribution < -0.4 is 10.9 Å². The molecule has 1 aromatic carbocycles. The number of amides is 1. The van der Waals surface area contributed by atoms with Crippen LogP contribution in [0.2, 0.25) is 0 Å². The highest BCUT2D eigenvalue weighted by atomic mass is 32.2. The molecular weight excluding hydrogens is 386 g/mol. The maximum Gasteiger partial charge on any atom is 0.262 e. The van der Waals surface area contributed by atoms with Gasteiger partial charge in [0.05, 0.1) is 27.7 Å². The van der Waals surface area contributed by atoms with Gasteiger partial charge in [0.15, 0.2) is 15.0 Å². The van der Waals surface area contributed by atoms with E-state index in [1.54, 1.807) is 37.3 Å². The zero-order chi connectivity index (χ0) is 19.6. The van der Waals surface area contributed by atoms with Gasteiger partial charge in [-0.1, -0.05) is 30.0 Å². The lowest BCUT2D eigenvalue weighted by molar-refractivity contribution is -0.120. The first kappa shape index (κ1) is 19.6. The number of fused-ring (bicyclic) bond motifs is 1. The van der Waals surface area contributed by atoms with Crippen molar-refractivity contribution in [2.75, 3.05) is 11.5 Å². The summed E-state index contributed by atoms with van der Waals surface area (Å²) in [4.78, 5) is 29.7. The number of thioether (sulfide) groups is 1. The third kappa shape index (κ3) is 4.41. The first-order valence-electron chi connectivity index (χ1n) is 8.58. The molecule has 0 radical (unpaired) electrons. The van der Waals surface area contributed by atoms with Crippen LogP contribution in [-0.4, -0.2) is 46.7 Å². The molecule has 7 nitrogen and oxygen atoms in total. The highest BCUT2D eigenvalue weighted by molar-refractivity contribution is 8.00. The lowest BCUT2D eigenvalue weighted by Crippen LogP contribution is -2.40. The molecule has 1 aliphatic heterocycles. The smallest absolute Gasteiger partial charge is 0.262 e. The monoisotopic (exact) mass is 407 g/mol. The molecule has 0 aliphatic carbocycles. The van der Waals surface area contributed by atoms with Crippen LogP contribution in [-0.2, 0) is 21.2 Å². The molecule has 2 atom stereocenters. The van der Waals surface area contributed by atoms with Crippen LogP contribution in [0.4, 0.5) is 0 Å². The van der Waals surface area contributed by atoms with Crippen molar-refractivity contribution in [2.24, 2.45) is 0 Å². The maximum absolute atomic E-state index is 12.7. The topological polar surface area (TPSA) is 98.1 Å². The molecule has 9 heteroatoms. The number of hydrogen-bond acceptors (Lipinski definition) is 6. The lowest BCUT2D eigenvalue weighted by Gasteiger charge is -2.17. The number of hydrogen-bond donors (Lipinski definition) is 1. The number of rotatable bonds is 6. The summed E-state index contributed by atoms with van der Waals surface area (Å²) in [5.41, 5.74) is 0.386. The quantitative estimate of drug-likeness (QED) is 0.441. The largest absolute Gasteiger partial charge is 0.351 e. The number of carbonyl (C=O) groups is 1. The van der Waals surface area contributed by atoms with Gasteiger partial charge in [0, 0.05) is 12.6 Å². The number of nitrogens with zero attached hydrogens (tertiary/aromatic N) is 2. The number of nitrogens with one attached hydrogen (secondary N) is 1. The molecule has 2 heterocycles. The van der Waals surface area contributed by atoms with Crippen molar-refractivity contribution >= 4 is 38.4 Å². The van der Waals surface area contributed by atoms with E-state index < -0.39 is 15.1 Å². The number of benzene rings is 1. The summed E-state index contributed by atoms with van der Waals surface area (Å²) in [5.74, 6) is -0.189. The van der Waals surface area contributed by atoms with Gasteiger partial charge in [0.2, 0.25) is 5.91 Å². The molecule has 2 aromatic rings. The predicted octanol–water partition coefficient (Wildman–Crippen LogP) is 1.37. The lowest BCUT2D eigenvalue weighted by atomic mass is 10.2. The van der Waals surface area contributed by atoms with Crippen LogP contribution in [0.25, 0.3) is 10.9 Å². The van der Waals surface area contributed by atoms with Gasteiger partial charge in [-0.15, -0.1) is 6.58 Å². The van der Waals surface area contributed by atoms with Gasteiger partial charge in [0.25, 0.3) is 5.56 Å². The Balaban J connectivity index is 1.82. The summed E-state index contributed by atoms with van der Waals surface area (Å²) >= 11 is 1.17. The maximum atomic E-state index is 12.7. The fourth-order valence-corrected chi connectivity index (χ4v) is 5.57. The van der Waals surface area contributed by atoms with Crippen molar-refractivity contribution in [2.45, 2.75) is 36.3 Å². The van der Waals surface area contributed by atoms with Crippen LogP contribution in [0.1, 0.15) is 13.3 Å². The van der Waals surface area contributed by atoms with Crippen LogP contribution >= 0.6 is 11.8 Å². The average molecular weight is 408 g/mol. The van der Waals surface area contributed by atoms with E-state index >= 15 is 0 Å². The molecule has 1 aliphatic rings. The van der Waals surface area contributed by atoms with E-state index in [0.717, 1.165) is 0 Å². The molecule has 27 heavy (non-hydrogen) atoms. The Labute approximate surface area is 161 Å². The molecule has 0 saturated carbocycles. The number of carbonyl (C=O) groups excluding carboxylic acids is 1. The Morgan fingerprint density at radius 1 is 1.48 bits per heavy atom. The Kier molecular flexibility index (Phi) is 5.71. The molecule has 1 saturated heterocycles. The van der Waals surface area contributed by atoms with Gasteiger partial charge in [-0.25, -0.2) is 13.4 Å². The number of para-hydroxylation sites is 1. The van der Waals surface area contributed by atoms with Gasteiger partial charge < -0.3 is 5.32 Å². The number of allylic oxidation sites excluding steroid dienone is 1. The molecule has 144 valence electrons. The van der Waals surface area contributed by atoms with E-state index in [2.05, 4.69) is 16.9 Å². The first-order chi connectivity index (χ1) is 12.8. The van der Waals surface area contributed by atoms with Crippen molar-refractivity contribution in [1.29, 1.82) is 0 Å². The fraction of sp³-hybridized carbons (Fsp3) is 0.389. The second-order valence-electron chi connectivity index (χ2n) is 6.48. The second-order valence-corrected chi connectivity index (χ2v) is 10.0. The Hall–Kier alpha value is -2.13. The van der Waals surface area contributed by atoms with E-state index in [0.29, 0.717) is 22.5 Å². The molecule has 0 spiro atoms. The Morgan fingerprint density at radius 2 is 2.22 bits per heavy atom.